The van der Waals surface area contributed by atoms with E-state index in [-0.39, 0.29) is 0 Å². The van der Waals surface area contributed by atoms with Crippen molar-refractivity contribution in [3.63, 3.8) is 0 Å². The Morgan fingerprint density at radius 3 is 2.04 bits per heavy atom. The topological polar surface area (TPSA) is 62.7 Å². The summed E-state index contributed by atoms with van der Waals surface area (Å²) >= 11 is 12.5. The van der Waals surface area contributed by atoms with Crippen molar-refractivity contribution >= 4 is 46.2 Å². The van der Waals surface area contributed by atoms with Gasteiger partial charge < -0.3 is 10.6 Å². The monoisotopic (exact) mass is 357 g/mol. The van der Waals surface area contributed by atoms with E-state index in [9.17, 15) is 0 Å². The van der Waals surface area contributed by atoms with Crippen molar-refractivity contribution in [2.24, 2.45) is 0 Å². The summed E-state index contributed by atoms with van der Waals surface area (Å²) in [6, 6.07) is 9.42. The lowest BCUT2D eigenvalue weighted by Gasteiger charge is -2.22. The molecule has 4 rings (SSSR count). The van der Waals surface area contributed by atoms with Gasteiger partial charge in [-0.2, -0.15) is 0 Å². The highest BCUT2D eigenvalue weighted by molar-refractivity contribution is 6.39. The van der Waals surface area contributed by atoms with Gasteiger partial charge in [0, 0.05) is 0 Å². The van der Waals surface area contributed by atoms with Gasteiger partial charge in [-0.15, -0.1) is 10.2 Å². The first-order valence-electron chi connectivity index (χ1n) is 7.37. The SMILES string of the molecule is Cc1cc2c(cc1C)Nc1nc(-c3c(Cl)cccc3Cl)nnc1N2. The van der Waals surface area contributed by atoms with Crippen molar-refractivity contribution < 1.29 is 0 Å². The fraction of sp³-hybridized carbons (Fsp3) is 0.118. The Balaban J connectivity index is 1.80. The van der Waals surface area contributed by atoms with Gasteiger partial charge in [-0.05, 0) is 49.2 Å². The molecule has 0 amide bonds. The fourth-order valence-corrected chi connectivity index (χ4v) is 3.16. The Morgan fingerprint density at radius 2 is 1.42 bits per heavy atom. The minimum atomic E-state index is 0.380. The maximum absolute atomic E-state index is 6.24. The number of hydrogen-bond donors (Lipinski definition) is 2. The van der Waals surface area contributed by atoms with Crippen molar-refractivity contribution in [3.05, 3.63) is 51.5 Å². The summed E-state index contributed by atoms with van der Waals surface area (Å²) in [5, 5.41) is 15.9. The molecule has 1 aromatic heterocycles. The third-order valence-corrected chi connectivity index (χ3v) is 4.64. The van der Waals surface area contributed by atoms with Crippen LogP contribution in [0.25, 0.3) is 11.4 Å². The molecule has 0 spiro atoms. The molecule has 3 aromatic rings. The zero-order chi connectivity index (χ0) is 16.8. The molecule has 120 valence electrons. The number of rotatable bonds is 1. The summed E-state index contributed by atoms with van der Waals surface area (Å²) in [6.07, 6.45) is 0. The van der Waals surface area contributed by atoms with Gasteiger partial charge in [0.2, 0.25) is 0 Å². The van der Waals surface area contributed by atoms with Crippen LogP contribution in [0.4, 0.5) is 23.0 Å². The quantitative estimate of drug-likeness (QED) is 0.486. The number of aromatic nitrogens is 3. The minimum Gasteiger partial charge on any atom is -0.335 e. The first-order chi connectivity index (χ1) is 11.5. The molecule has 0 aliphatic carbocycles. The highest BCUT2D eigenvalue weighted by Crippen LogP contribution is 2.39. The second-order valence-corrected chi connectivity index (χ2v) is 6.48. The van der Waals surface area contributed by atoms with Crippen LogP contribution < -0.4 is 10.6 Å². The van der Waals surface area contributed by atoms with Gasteiger partial charge in [-0.25, -0.2) is 4.98 Å². The summed E-state index contributed by atoms with van der Waals surface area (Å²) in [7, 11) is 0. The normalized spacial score (nSPS) is 12.0. The van der Waals surface area contributed by atoms with Gasteiger partial charge in [0.25, 0.3) is 0 Å². The van der Waals surface area contributed by atoms with Gasteiger partial charge in [0.05, 0.1) is 27.0 Å². The van der Waals surface area contributed by atoms with E-state index in [4.69, 9.17) is 23.2 Å². The Kier molecular flexibility index (Phi) is 3.55. The predicted octanol–water partition coefficient (Wildman–Crippen LogP) is 5.26. The van der Waals surface area contributed by atoms with Gasteiger partial charge in [-0.3, -0.25) is 0 Å². The second-order valence-electron chi connectivity index (χ2n) is 5.66. The largest absolute Gasteiger partial charge is 0.335 e. The Bertz CT molecular complexity index is 951. The van der Waals surface area contributed by atoms with Gasteiger partial charge in [-0.1, -0.05) is 29.3 Å². The van der Waals surface area contributed by atoms with E-state index in [1.165, 1.54) is 11.1 Å². The van der Waals surface area contributed by atoms with Crippen LogP contribution in [0.3, 0.4) is 0 Å². The molecule has 7 heteroatoms. The first kappa shape index (κ1) is 15.2. The fourth-order valence-electron chi connectivity index (χ4n) is 2.59. The van der Waals surface area contributed by atoms with Crippen molar-refractivity contribution in [1.29, 1.82) is 0 Å². The van der Waals surface area contributed by atoms with E-state index in [1.54, 1.807) is 18.2 Å². The predicted molar refractivity (Wildman–Crippen MR) is 97.8 cm³/mol. The molecule has 0 atom stereocenters. The summed E-state index contributed by atoms with van der Waals surface area (Å²) < 4.78 is 0. The number of nitrogens with zero attached hydrogens (tertiary/aromatic N) is 3. The van der Waals surface area contributed by atoms with Crippen molar-refractivity contribution in [2.45, 2.75) is 13.8 Å². The summed E-state index contributed by atoms with van der Waals surface area (Å²) in [6.45, 7) is 4.14. The molecule has 0 saturated heterocycles. The van der Waals surface area contributed by atoms with Gasteiger partial charge in [0.1, 0.15) is 0 Å². The lowest BCUT2D eigenvalue weighted by Crippen LogP contribution is -2.12. The number of halogens is 2. The lowest BCUT2D eigenvalue weighted by molar-refractivity contribution is 0.985. The number of benzene rings is 2. The molecule has 2 heterocycles. The number of hydrogen-bond acceptors (Lipinski definition) is 5. The van der Waals surface area contributed by atoms with Crippen LogP contribution in [0.1, 0.15) is 11.1 Å². The summed E-state index contributed by atoms with van der Waals surface area (Å²) in [5.41, 5.74) is 4.87. The molecule has 0 fully saturated rings. The zero-order valence-electron chi connectivity index (χ0n) is 13.0. The van der Waals surface area contributed by atoms with E-state index in [2.05, 4.69) is 51.8 Å². The molecule has 24 heavy (non-hydrogen) atoms. The third kappa shape index (κ3) is 2.46. The molecule has 0 unspecified atom stereocenters. The van der Waals surface area contributed by atoms with E-state index in [1.807, 2.05) is 0 Å². The van der Waals surface area contributed by atoms with E-state index in [0.29, 0.717) is 33.1 Å². The first-order valence-corrected chi connectivity index (χ1v) is 8.13. The molecule has 2 N–H and O–H groups in total. The Hall–Kier alpha value is -2.37. The van der Waals surface area contributed by atoms with Crippen LogP contribution in [-0.2, 0) is 0 Å². The molecule has 1 aliphatic heterocycles. The molecule has 5 nitrogen and oxygen atoms in total. The van der Waals surface area contributed by atoms with Crippen LogP contribution in [0.5, 0.6) is 0 Å². The van der Waals surface area contributed by atoms with Gasteiger partial charge >= 0.3 is 0 Å². The smallest absolute Gasteiger partial charge is 0.196 e. The van der Waals surface area contributed by atoms with E-state index in [0.717, 1.165) is 11.4 Å². The van der Waals surface area contributed by atoms with Crippen LogP contribution in [0, 0.1) is 13.8 Å². The highest BCUT2D eigenvalue weighted by Gasteiger charge is 2.21. The molecule has 0 radical (unpaired) electrons. The average molecular weight is 358 g/mol. The number of anilines is 4. The molecule has 0 saturated carbocycles. The Morgan fingerprint density at radius 1 is 0.833 bits per heavy atom. The van der Waals surface area contributed by atoms with Crippen LogP contribution in [0.2, 0.25) is 10.0 Å². The maximum Gasteiger partial charge on any atom is 0.196 e. The van der Waals surface area contributed by atoms with Gasteiger partial charge in [0.15, 0.2) is 17.5 Å². The Labute approximate surface area is 149 Å². The van der Waals surface area contributed by atoms with E-state index >= 15 is 0 Å². The number of aryl methyl sites for hydroxylation is 2. The molecular weight excluding hydrogens is 345 g/mol. The third-order valence-electron chi connectivity index (χ3n) is 4.01. The van der Waals surface area contributed by atoms with E-state index < -0.39 is 0 Å². The highest BCUT2D eigenvalue weighted by atomic mass is 35.5. The molecular formula is C17H13Cl2N5. The van der Waals surface area contributed by atoms with Crippen molar-refractivity contribution in [1.82, 2.24) is 15.2 Å². The summed E-state index contributed by atoms with van der Waals surface area (Å²) in [4.78, 5) is 4.54. The number of fused-ring (bicyclic) bond motifs is 2. The average Bonchev–Trinajstić information content (AvgIpc) is 2.54. The molecule has 1 aliphatic rings. The van der Waals surface area contributed by atoms with Crippen LogP contribution in [0.15, 0.2) is 30.3 Å². The number of nitrogens with one attached hydrogen (secondary N) is 2. The lowest BCUT2D eigenvalue weighted by atomic mass is 10.1. The molecule has 2 aromatic carbocycles. The van der Waals surface area contributed by atoms with Crippen LogP contribution >= 0.6 is 23.2 Å². The molecule has 0 bridgehead atoms. The van der Waals surface area contributed by atoms with Crippen molar-refractivity contribution in [2.75, 3.05) is 10.6 Å². The minimum absolute atomic E-state index is 0.380. The zero-order valence-corrected chi connectivity index (χ0v) is 14.5. The van der Waals surface area contributed by atoms with Crippen LogP contribution in [-0.4, -0.2) is 15.2 Å². The second kappa shape index (κ2) is 5.61. The maximum atomic E-state index is 6.24. The summed E-state index contributed by atoms with van der Waals surface area (Å²) in [5.74, 6) is 1.54. The standard InChI is InChI=1S/C17H13Cl2N5/c1-8-6-12-13(7-9(8)2)21-17-16(20-12)22-15(23-24-17)14-10(18)4-3-5-11(14)19/h3-7H,1-2H3,(H,21,24)(H,20,22,23). The van der Waals surface area contributed by atoms with Crippen molar-refractivity contribution in [3.8, 4) is 11.4 Å².